The molecule has 20 heavy (non-hydrogen) atoms. The predicted octanol–water partition coefficient (Wildman–Crippen LogP) is 3.89. The molecule has 0 saturated heterocycles. The Hall–Kier alpha value is -2.68. The molecule has 100 valence electrons. The van der Waals surface area contributed by atoms with Gasteiger partial charge < -0.3 is 4.74 Å². The van der Waals surface area contributed by atoms with Crippen LogP contribution in [-0.4, -0.2) is 19.3 Å². The quantitative estimate of drug-likeness (QED) is 0.621. The SMILES string of the molecule is COC(=O)c1ccc(/C=C/C=Nc2ccccc2)cc1. The van der Waals surface area contributed by atoms with Crippen LogP contribution in [0.5, 0.6) is 0 Å². The highest BCUT2D eigenvalue weighted by Gasteiger charge is 2.02. The van der Waals surface area contributed by atoms with E-state index in [2.05, 4.69) is 9.73 Å². The van der Waals surface area contributed by atoms with Crippen LogP contribution >= 0.6 is 0 Å². The molecule has 0 aliphatic carbocycles. The van der Waals surface area contributed by atoms with Crippen LogP contribution in [0, 0.1) is 0 Å². The minimum absolute atomic E-state index is 0.328. The van der Waals surface area contributed by atoms with Crippen molar-refractivity contribution in [1.29, 1.82) is 0 Å². The summed E-state index contributed by atoms with van der Waals surface area (Å²) in [6.45, 7) is 0. The molecule has 0 amide bonds. The number of rotatable bonds is 4. The summed E-state index contributed by atoms with van der Waals surface area (Å²) in [5, 5.41) is 0. The van der Waals surface area contributed by atoms with E-state index in [1.165, 1.54) is 7.11 Å². The van der Waals surface area contributed by atoms with Crippen molar-refractivity contribution in [3.05, 3.63) is 71.8 Å². The van der Waals surface area contributed by atoms with Crippen molar-refractivity contribution in [2.75, 3.05) is 7.11 Å². The van der Waals surface area contributed by atoms with Crippen LogP contribution in [0.25, 0.3) is 6.08 Å². The van der Waals surface area contributed by atoms with Crippen molar-refractivity contribution in [3.8, 4) is 0 Å². The average Bonchev–Trinajstić information content (AvgIpc) is 2.52. The van der Waals surface area contributed by atoms with E-state index in [0.29, 0.717) is 5.56 Å². The van der Waals surface area contributed by atoms with Crippen molar-refractivity contribution < 1.29 is 9.53 Å². The van der Waals surface area contributed by atoms with Gasteiger partial charge in [0.15, 0.2) is 0 Å². The van der Waals surface area contributed by atoms with E-state index < -0.39 is 0 Å². The summed E-state index contributed by atoms with van der Waals surface area (Å²) in [7, 11) is 1.37. The van der Waals surface area contributed by atoms with Crippen LogP contribution < -0.4 is 0 Å². The molecule has 0 unspecified atom stereocenters. The van der Waals surface area contributed by atoms with Gasteiger partial charge in [-0.1, -0.05) is 36.4 Å². The number of hydrogen-bond acceptors (Lipinski definition) is 3. The molecule has 3 nitrogen and oxygen atoms in total. The Morgan fingerprint density at radius 1 is 1.05 bits per heavy atom. The Balaban J connectivity index is 1.98. The van der Waals surface area contributed by atoms with Gasteiger partial charge in [0.1, 0.15) is 0 Å². The maximum atomic E-state index is 11.3. The summed E-state index contributed by atoms with van der Waals surface area (Å²) in [6.07, 6.45) is 5.52. The lowest BCUT2D eigenvalue weighted by Gasteiger charge is -1.98. The number of carbonyl (C=O) groups is 1. The summed E-state index contributed by atoms with van der Waals surface area (Å²) >= 11 is 0. The van der Waals surface area contributed by atoms with Crippen LogP contribution in [-0.2, 0) is 4.74 Å². The smallest absolute Gasteiger partial charge is 0.337 e. The highest BCUT2D eigenvalue weighted by molar-refractivity contribution is 5.89. The first kappa shape index (κ1) is 13.7. The zero-order chi connectivity index (χ0) is 14.2. The Kier molecular flexibility index (Phi) is 4.84. The summed E-state index contributed by atoms with van der Waals surface area (Å²) in [5.41, 5.74) is 2.46. The molecule has 0 aromatic heterocycles. The molecule has 0 N–H and O–H groups in total. The molecule has 0 atom stereocenters. The molecule has 0 aliphatic rings. The zero-order valence-corrected chi connectivity index (χ0v) is 11.2. The van der Waals surface area contributed by atoms with Crippen LogP contribution in [0.15, 0.2) is 65.7 Å². The lowest BCUT2D eigenvalue weighted by atomic mass is 10.1. The van der Waals surface area contributed by atoms with Gasteiger partial charge in [0.25, 0.3) is 0 Å². The molecule has 2 aromatic rings. The predicted molar refractivity (Wildman–Crippen MR) is 81.4 cm³/mol. The fourth-order valence-electron chi connectivity index (χ4n) is 1.65. The van der Waals surface area contributed by atoms with Gasteiger partial charge in [0.2, 0.25) is 0 Å². The van der Waals surface area contributed by atoms with Crippen LogP contribution in [0.3, 0.4) is 0 Å². The second kappa shape index (κ2) is 7.04. The fraction of sp³-hybridized carbons (Fsp3) is 0.0588. The number of para-hydroxylation sites is 1. The van der Waals surface area contributed by atoms with Gasteiger partial charge in [-0.2, -0.15) is 0 Å². The monoisotopic (exact) mass is 265 g/mol. The molecular weight excluding hydrogens is 250 g/mol. The van der Waals surface area contributed by atoms with E-state index >= 15 is 0 Å². The van der Waals surface area contributed by atoms with Gasteiger partial charge in [-0.15, -0.1) is 0 Å². The third-order valence-electron chi connectivity index (χ3n) is 2.69. The van der Waals surface area contributed by atoms with Crippen molar-refractivity contribution >= 4 is 23.9 Å². The lowest BCUT2D eigenvalue weighted by molar-refractivity contribution is 0.0601. The van der Waals surface area contributed by atoms with E-state index in [1.54, 1.807) is 18.3 Å². The standard InChI is InChI=1S/C17H15NO2/c1-20-17(19)15-11-9-14(10-12-15)6-5-13-18-16-7-3-2-4-8-16/h2-13H,1H3/b6-5+,18-13?. The molecule has 0 spiro atoms. The van der Waals surface area contributed by atoms with Crippen molar-refractivity contribution in [1.82, 2.24) is 0 Å². The number of aliphatic imine (C=N–C) groups is 1. The molecule has 2 rings (SSSR count). The van der Waals surface area contributed by atoms with E-state index in [9.17, 15) is 4.79 Å². The molecule has 3 heteroatoms. The third-order valence-corrected chi connectivity index (χ3v) is 2.69. The number of allylic oxidation sites excluding steroid dienone is 1. The minimum atomic E-state index is -0.328. The highest BCUT2D eigenvalue weighted by Crippen LogP contribution is 2.09. The lowest BCUT2D eigenvalue weighted by Crippen LogP contribution is -2.00. The molecule has 0 bridgehead atoms. The summed E-state index contributed by atoms with van der Waals surface area (Å²) in [4.78, 5) is 15.6. The van der Waals surface area contributed by atoms with E-state index in [4.69, 9.17) is 0 Å². The van der Waals surface area contributed by atoms with Gasteiger partial charge in [-0.05, 0) is 35.9 Å². The first-order valence-electron chi connectivity index (χ1n) is 6.24. The van der Waals surface area contributed by atoms with Crippen molar-refractivity contribution in [2.45, 2.75) is 0 Å². The van der Waals surface area contributed by atoms with Gasteiger partial charge in [0, 0.05) is 6.21 Å². The van der Waals surface area contributed by atoms with E-state index in [0.717, 1.165) is 11.3 Å². The average molecular weight is 265 g/mol. The number of benzene rings is 2. The zero-order valence-electron chi connectivity index (χ0n) is 11.2. The van der Waals surface area contributed by atoms with Gasteiger partial charge >= 0.3 is 5.97 Å². The summed E-state index contributed by atoms with van der Waals surface area (Å²) < 4.78 is 4.65. The number of carbonyl (C=O) groups excluding carboxylic acids is 1. The highest BCUT2D eigenvalue weighted by atomic mass is 16.5. The van der Waals surface area contributed by atoms with Gasteiger partial charge in [-0.25, -0.2) is 4.79 Å². The van der Waals surface area contributed by atoms with Gasteiger partial charge in [0.05, 0.1) is 18.4 Å². The largest absolute Gasteiger partial charge is 0.465 e. The maximum absolute atomic E-state index is 11.3. The maximum Gasteiger partial charge on any atom is 0.337 e. The molecule has 2 aromatic carbocycles. The summed E-state index contributed by atoms with van der Waals surface area (Å²) in [6, 6.07) is 16.9. The summed E-state index contributed by atoms with van der Waals surface area (Å²) in [5.74, 6) is -0.328. The van der Waals surface area contributed by atoms with Crippen LogP contribution in [0.1, 0.15) is 15.9 Å². The number of hydrogen-bond donors (Lipinski definition) is 0. The minimum Gasteiger partial charge on any atom is -0.465 e. The van der Waals surface area contributed by atoms with E-state index in [-0.39, 0.29) is 5.97 Å². The Morgan fingerprint density at radius 2 is 1.75 bits per heavy atom. The molecule has 0 saturated carbocycles. The van der Waals surface area contributed by atoms with Crippen LogP contribution in [0.2, 0.25) is 0 Å². The Morgan fingerprint density at radius 3 is 2.40 bits per heavy atom. The topological polar surface area (TPSA) is 38.7 Å². The Bertz CT molecular complexity index is 613. The first-order chi connectivity index (χ1) is 9.79. The fourth-order valence-corrected chi connectivity index (χ4v) is 1.65. The number of ether oxygens (including phenoxy) is 1. The number of esters is 1. The molecule has 0 radical (unpaired) electrons. The second-order valence-corrected chi connectivity index (χ2v) is 4.09. The third kappa shape index (κ3) is 3.92. The van der Waals surface area contributed by atoms with Crippen LogP contribution in [0.4, 0.5) is 5.69 Å². The van der Waals surface area contributed by atoms with Crippen molar-refractivity contribution in [2.24, 2.45) is 4.99 Å². The van der Waals surface area contributed by atoms with E-state index in [1.807, 2.05) is 54.6 Å². The molecular formula is C17H15NO2. The Labute approximate surface area is 118 Å². The molecule has 0 fully saturated rings. The molecule has 0 aliphatic heterocycles. The van der Waals surface area contributed by atoms with Gasteiger partial charge in [-0.3, -0.25) is 4.99 Å². The second-order valence-electron chi connectivity index (χ2n) is 4.09. The number of methoxy groups -OCH3 is 1. The first-order valence-corrected chi connectivity index (χ1v) is 6.24. The molecule has 0 heterocycles. The number of nitrogens with zero attached hydrogens (tertiary/aromatic N) is 1. The normalized spacial score (nSPS) is 11.1. The van der Waals surface area contributed by atoms with Crippen molar-refractivity contribution in [3.63, 3.8) is 0 Å².